The van der Waals surface area contributed by atoms with E-state index in [-0.39, 0.29) is 5.38 Å². The van der Waals surface area contributed by atoms with Crippen LogP contribution in [-0.2, 0) is 12.8 Å². The SMILES string of the molecule is CC(Cl)c1ncnc(CCCCc2ccc(Oc3ccc(Cl)nn3)cc2)c1Cl. The number of aryl methyl sites for hydroxylation is 2. The van der Waals surface area contributed by atoms with Gasteiger partial charge in [0, 0.05) is 6.07 Å². The summed E-state index contributed by atoms with van der Waals surface area (Å²) < 4.78 is 5.64. The van der Waals surface area contributed by atoms with E-state index in [1.165, 1.54) is 11.9 Å². The molecular formula is C20H19Cl3N4O. The molecule has 0 saturated heterocycles. The van der Waals surface area contributed by atoms with Crippen LogP contribution in [0.5, 0.6) is 11.6 Å². The molecule has 0 spiro atoms. The number of unbranched alkanes of at least 4 members (excludes halogenated alkanes) is 1. The van der Waals surface area contributed by atoms with E-state index >= 15 is 0 Å². The predicted molar refractivity (Wildman–Crippen MR) is 112 cm³/mol. The van der Waals surface area contributed by atoms with E-state index in [2.05, 4.69) is 20.2 Å². The number of benzene rings is 1. The van der Waals surface area contributed by atoms with Gasteiger partial charge in [-0.1, -0.05) is 35.3 Å². The first kappa shape index (κ1) is 20.8. The molecule has 8 heteroatoms. The summed E-state index contributed by atoms with van der Waals surface area (Å²) in [6.07, 6.45) is 5.29. The van der Waals surface area contributed by atoms with Crippen molar-refractivity contribution in [2.45, 2.75) is 38.0 Å². The van der Waals surface area contributed by atoms with Crippen LogP contribution >= 0.6 is 34.8 Å². The Bertz CT molecular complexity index is 902. The Morgan fingerprint density at radius 2 is 1.68 bits per heavy atom. The quantitative estimate of drug-likeness (QED) is 0.309. The van der Waals surface area contributed by atoms with Crippen molar-refractivity contribution in [3.63, 3.8) is 0 Å². The van der Waals surface area contributed by atoms with Crippen molar-refractivity contribution in [2.24, 2.45) is 0 Å². The van der Waals surface area contributed by atoms with Gasteiger partial charge in [0.15, 0.2) is 5.15 Å². The van der Waals surface area contributed by atoms with E-state index in [0.29, 0.717) is 27.5 Å². The van der Waals surface area contributed by atoms with Gasteiger partial charge in [0.1, 0.15) is 12.1 Å². The second-order valence-electron chi connectivity index (χ2n) is 6.28. The second kappa shape index (κ2) is 10.0. The molecule has 5 nitrogen and oxygen atoms in total. The molecule has 0 aliphatic rings. The molecule has 0 saturated carbocycles. The molecule has 2 aromatic heterocycles. The van der Waals surface area contributed by atoms with Gasteiger partial charge in [-0.15, -0.1) is 21.8 Å². The molecule has 0 fully saturated rings. The first-order valence-corrected chi connectivity index (χ1v) is 10.1. The highest BCUT2D eigenvalue weighted by Crippen LogP contribution is 2.27. The van der Waals surface area contributed by atoms with Crippen molar-refractivity contribution in [1.29, 1.82) is 0 Å². The minimum atomic E-state index is -0.228. The maximum Gasteiger partial charge on any atom is 0.238 e. The first-order chi connectivity index (χ1) is 13.5. The van der Waals surface area contributed by atoms with E-state index in [0.717, 1.165) is 31.4 Å². The Kier molecular flexibility index (Phi) is 7.43. The summed E-state index contributed by atoms with van der Waals surface area (Å²) in [6.45, 7) is 1.85. The molecule has 0 N–H and O–H groups in total. The molecule has 3 rings (SSSR count). The maximum atomic E-state index is 6.35. The summed E-state index contributed by atoms with van der Waals surface area (Å²) in [4.78, 5) is 8.44. The van der Waals surface area contributed by atoms with Gasteiger partial charge in [0.25, 0.3) is 0 Å². The number of alkyl halides is 1. The summed E-state index contributed by atoms with van der Waals surface area (Å²) in [7, 11) is 0. The number of hydrogen-bond donors (Lipinski definition) is 0. The summed E-state index contributed by atoms with van der Waals surface area (Å²) in [5.41, 5.74) is 2.78. The Balaban J connectivity index is 1.48. The van der Waals surface area contributed by atoms with E-state index in [1.54, 1.807) is 12.1 Å². The molecule has 146 valence electrons. The van der Waals surface area contributed by atoms with Crippen molar-refractivity contribution in [1.82, 2.24) is 20.2 Å². The zero-order valence-electron chi connectivity index (χ0n) is 15.3. The second-order valence-corrected chi connectivity index (χ2v) is 7.70. The molecule has 3 aromatic rings. The number of hydrogen-bond acceptors (Lipinski definition) is 5. The van der Waals surface area contributed by atoms with E-state index < -0.39 is 0 Å². The summed E-state index contributed by atoms with van der Waals surface area (Å²) in [6, 6.07) is 11.2. The average molecular weight is 438 g/mol. The molecule has 2 heterocycles. The zero-order valence-corrected chi connectivity index (χ0v) is 17.5. The van der Waals surface area contributed by atoms with Gasteiger partial charge in [-0.05, 0) is 56.4 Å². The molecule has 0 amide bonds. The van der Waals surface area contributed by atoms with Crippen LogP contribution in [0.1, 0.15) is 42.1 Å². The van der Waals surface area contributed by atoms with Crippen LogP contribution in [-0.4, -0.2) is 20.2 Å². The third-order valence-corrected chi connectivity index (χ3v) is 4.97. The van der Waals surface area contributed by atoms with Crippen LogP contribution in [0.25, 0.3) is 0 Å². The normalized spacial score (nSPS) is 12.0. The average Bonchev–Trinajstić information content (AvgIpc) is 2.69. The van der Waals surface area contributed by atoms with Gasteiger partial charge >= 0.3 is 0 Å². The van der Waals surface area contributed by atoms with E-state index in [4.69, 9.17) is 39.5 Å². The topological polar surface area (TPSA) is 60.8 Å². The lowest BCUT2D eigenvalue weighted by atomic mass is 10.1. The lowest BCUT2D eigenvalue weighted by Crippen LogP contribution is -2.00. The van der Waals surface area contributed by atoms with Gasteiger partial charge in [-0.2, -0.15) is 0 Å². The van der Waals surface area contributed by atoms with Crippen LogP contribution in [0.15, 0.2) is 42.7 Å². The molecule has 28 heavy (non-hydrogen) atoms. The van der Waals surface area contributed by atoms with Crippen molar-refractivity contribution in [3.05, 3.63) is 69.9 Å². The fourth-order valence-electron chi connectivity index (χ4n) is 2.70. The van der Waals surface area contributed by atoms with E-state index in [1.807, 2.05) is 31.2 Å². The highest BCUT2D eigenvalue weighted by molar-refractivity contribution is 6.33. The lowest BCUT2D eigenvalue weighted by molar-refractivity contribution is 0.455. The molecule has 0 radical (unpaired) electrons. The van der Waals surface area contributed by atoms with Crippen LogP contribution in [0, 0.1) is 0 Å². The molecule has 1 unspecified atom stereocenters. The molecule has 0 bridgehead atoms. The predicted octanol–water partition coefficient (Wildman–Crippen LogP) is 6.23. The summed E-state index contributed by atoms with van der Waals surface area (Å²) in [5, 5.41) is 8.31. The number of nitrogens with zero attached hydrogens (tertiary/aromatic N) is 4. The number of ether oxygens (including phenoxy) is 1. The maximum absolute atomic E-state index is 6.35. The molecule has 0 aliphatic heterocycles. The number of aromatic nitrogens is 4. The Labute approximate surface area is 179 Å². The monoisotopic (exact) mass is 436 g/mol. The minimum absolute atomic E-state index is 0.228. The lowest BCUT2D eigenvalue weighted by Gasteiger charge is -2.09. The standard InChI is InChI=1S/C20H19Cl3N4O/c1-13(21)20-19(23)16(24-12-25-20)5-3-2-4-14-6-8-15(9-7-14)28-18-11-10-17(22)26-27-18/h6-13H,2-5H2,1H3. The van der Waals surface area contributed by atoms with Crippen molar-refractivity contribution in [3.8, 4) is 11.6 Å². The van der Waals surface area contributed by atoms with Gasteiger partial charge in [0.05, 0.1) is 21.8 Å². The minimum Gasteiger partial charge on any atom is -0.438 e. The van der Waals surface area contributed by atoms with Crippen LogP contribution < -0.4 is 4.74 Å². The molecule has 0 aliphatic carbocycles. The van der Waals surface area contributed by atoms with Gasteiger partial charge < -0.3 is 4.74 Å². The zero-order chi connectivity index (χ0) is 19.9. The van der Waals surface area contributed by atoms with Gasteiger partial charge in [-0.3, -0.25) is 0 Å². The summed E-state index contributed by atoms with van der Waals surface area (Å²) >= 11 is 18.2. The fraction of sp³-hybridized carbons (Fsp3) is 0.300. The molecule has 1 atom stereocenters. The molecule has 1 aromatic carbocycles. The first-order valence-electron chi connectivity index (χ1n) is 8.92. The van der Waals surface area contributed by atoms with Crippen molar-refractivity contribution < 1.29 is 4.74 Å². The van der Waals surface area contributed by atoms with Crippen LogP contribution in [0.2, 0.25) is 10.2 Å². The van der Waals surface area contributed by atoms with Crippen LogP contribution in [0.4, 0.5) is 0 Å². The smallest absolute Gasteiger partial charge is 0.238 e. The highest BCUT2D eigenvalue weighted by atomic mass is 35.5. The van der Waals surface area contributed by atoms with Crippen molar-refractivity contribution in [2.75, 3.05) is 0 Å². The Morgan fingerprint density at radius 3 is 2.36 bits per heavy atom. The van der Waals surface area contributed by atoms with Gasteiger partial charge in [0.2, 0.25) is 5.88 Å². The van der Waals surface area contributed by atoms with Crippen LogP contribution in [0.3, 0.4) is 0 Å². The number of halogens is 3. The van der Waals surface area contributed by atoms with E-state index in [9.17, 15) is 0 Å². The van der Waals surface area contributed by atoms with Gasteiger partial charge in [-0.25, -0.2) is 9.97 Å². The third-order valence-electron chi connectivity index (χ3n) is 4.15. The fourth-order valence-corrected chi connectivity index (χ4v) is 3.38. The largest absolute Gasteiger partial charge is 0.438 e. The Hall–Kier alpha value is -1.95. The van der Waals surface area contributed by atoms with Crippen molar-refractivity contribution >= 4 is 34.8 Å². The third kappa shape index (κ3) is 5.77. The molecular weight excluding hydrogens is 419 g/mol. The summed E-state index contributed by atoms with van der Waals surface area (Å²) in [5.74, 6) is 1.11. The number of rotatable bonds is 8. The highest BCUT2D eigenvalue weighted by Gasteiger charge is 2.13. The Morgan fingerprint density at radius 1 is 0.929 bits per heavy atom.